The molecule has 0 aromatic heterocycles. The second-order valence-corrected chi connectivity index (χ2v) is 9.92. The number of amides is 1. The Morgan fingerprint density at radius 2 is 1.54 bits per heavy atom. The first kappa shape index (κ1) is 18.7. The van der Waals surface area contributed by atoms with E-state index in [1.165, 1.54) is 68.9 Å². The van der Waals surface area contributed by atoms with Crippen LogP contribution in [-0.4, -0.2) is 29.9 Å². The van der Waals surface area contributed by atoms with Crippen LogP contribution in [-0.2, 0) is 16.8 Å². The lowest BCUT2D eigenvalue weighted by atomic mass is 9.68. The second kappa shape index (κ2) is 7.82. The smallest absolute Gasteiger partial charge is 0.231 e. The molecule has 2 heterocycles. The van der Waals surface area contributed by atoms with Crippen molar-refractivity contribution >= 4 is 5.91 Å². The highest BCUT2D eigenvalue weighted by Crippen LogP contribution is 2.43. The van der Waals surface area contributed by atoms with Gasteiger partial charge in [-0.15, -0.1) is 0 Å². The van der Waals surface area contributed by atoms with E-state index in [2.05, 4.69) is 34.5 Å². The molecule has 1 aromatic rings. The van der Waals surface area contributed by atoms with Gasteiger partial charge in [-0.05, 0) is 74.6 Å². The fraction of sp³-hybridized carbons (Fsp3) is 0.720. The van der Waals surface area contributed by atoms with Crippen molar-refractivity contribution < 1.29 is 4.79 Å². The Kier molecular flexibility index (Phi) is 5.21. The molecular weight excluding hydrogens is 344 g/mol. The molecule has 0 unspecified atom stereocenters. The molecule has 152 valence electrons. The summed E-state index contributed by atoms with van der Waals surface area (Å²) in [5.41, 5.74) is 2.35. The molecule has 0 bridgehead atoms. The predicted molar refractivity (Wildman–Crippen MR) is 113 cm³/mol. The molecular formula is C25H36N2O. The van der Waals surface area contributed by atoms with Crippen molar-refractivity contribution in [1.29, 1.82) is 0 Å². The predicted octanol–water partition coefficient (Wildman–Crippen LogP) is 4.79. The molecule has 5 rings (SSSR count). The summed E-state index contributed by atoms with van der Waals surface area (Å²) in [6.45, 7) is 2.87. The van der Waals surface area contributed by atoms with Crippen molar-refractivity contribution in [3.63, 3.8) is 0 Å². The van der Waals surface area contributed by atoms with E-state index >= 15 is 0 Å². The number of piperidine rings is 1. The fourth-order valence-corrected chi connectivity index (χ4v) is 6.92. The fourth-order valence-electron chi connectivity index (χ4n) is 6.92. The van der Waals surface area contributed by atoms with Gasteiger partial charge in [0.05, 0.1) is 5.41 Å². The van der Waals surface area contributed by atoms with E-state index in [4.69, 9.17) is 0 Å². The molecule has 0 atom stereocenters. The highest BCUT2D eigenvalue weighted by atomic mass is 16.2. The lowest BCUT2D eigenvalue weighted by molar-refractivity contribution is -0.130. The number of rotatable bonds is 2. The molecule has 4 aliphatic rings. The van der Waals surface area contributed by atoms with Crippen LogP contribution in [0.5, 0.6) is 0 Å². The van der Waals surface area contributed by atoms with Gasteiger partial charge in [0.1, 0.15) is 0 Å². The van der Waals surface area contributed by atoms with Gasteiger partial charge in [-0.1, -0.05) is 56.4 Å². The van der Waals surface area contributed by atoms with E-state index in [1.807, 2.05) is 0 Å². The zero-order chi connectivity index (χ0) is 19.0. The lowest BCUT2D eigenvalue weighted by Gasteiger charge is -2.47. The Labute approximate surface area is 170 Å². The minimum atomic E-state index is -0.273. The van der Waals surface area contributed by atoms with Gasteiger partial charge in [-0.3, -0.25) is 4.79 Å². The van der Waals surface area contributed by atoms with Crippen molar-refractivity contribution in [2.24, 2.45) is 11.8 Å². The van der Waals surface area contributed by atoms with Gasteiger partial charge in [0.25, 0.3) is 0 Å². The van der Waals surface area contributed by atoms with Crippen LogP contribution in [0, 0.1) is 11.8 Å². The van der Waals surface area contributed by atoms with E-state index < -0.39 is 0 Å². The minimum Gasteiger partial charge on any atom is -0.351 e. The summed E-state index contributed by atoms with van der Waals surface area (Å²) in [6, 6.07) is 9.37. The maximum absolute atomic E-state index is 12.9. The molecule has 2 aliphatic carbocycles. The highest BCUT2D eigenvalue weighted by molar-refractivity contribution is 5.90. The van der Waals surface area contributed by atoms with Crippen LogP contribution in [0.25, 0.3) is 0 Å². The molecule has 1 aromatic carbocycles. The normalized spacial score (nSPS) is 31.4. The number of fused-ring (bicyclic) bond motifs is 2. The third-order valence-electron chi connectivity index (χ3n) is 8.63. The summed E-state index contributed by atoms with van der Waals surface area (Å²) in [7, 11) is 0. The number of carbonyl (C=O) groups is 1. The summed E-state index contributed by atoms with van der Waals surface area (Å²) >= 11 is 0. The minimum absolute atomic E-state index is 0.270. The van der Waals surface area contributed by atoms with Crippen molar-refractivity contribution in [3.8, 4) is 0 Å². The molecule has 3 nitrogen and oxygen atoms in total. The first-order valence-corrected chi connectivity index (χ1v) is 11.9. The van der Waals surface area contributed by atoms with Gasteiger partial charge in [0, 0.05) is 12.6 Å². The molecule has 1 saturated heterocycles. The molecule has 1 amide bonds. The van der Waals surface area contributed by atoms with E-state index in [1.54, 1.807) is 0 Å². The molecule has 2 aliphatic heterocycles. The average molecular weight is 381 g/mol. The second-order valence-electron chi connectivity index (χ2n) is 9.92. The number of likely N-dealkylation sites (tertiary alicyclic amines) is 1. The summed E-state index contributed by atoms with van der Waals surface area (Å²) in [6.07, 6.45) is 15.0. The number of hydrogen-bond donors (Lipinski definition) is 1. The van der Waals surface area contributed by atoms with Gasteiger partial charge in [0.15, 0.2) is 0 Å². The first-order chi connectivity index (χ1) is 13.8. The van der Waals surface area contributed by atoms with Crippen LogP contribution in [0.3, 0.4) is 0 Å². The first-order valence-electron chi connectivity index (χ1n) is 11.9. The monoisotopic (exact) mass is 380 g/mol. The molecule has 2 saturated carbocycles. The summed E-state index contributed by atoms with van der Waals surface area (Å²) in [5, 5.41) is 3.18. The standard InChI is InChI=1S/C25H36N2O/c28-24-25(23-9-5-4-8-21(23)18-26-24)14-16-27(17-15-25)22-12-10-20(11-13-22)19-6-2-1-3-7-19/h4-5,8-9,19-20,22H,1-3,6-7,10-18H2,(H,26,28)/t20-,22+. The van der Waals surface area contributed by atoms with Crippen LogP contribution in [0.15, 0.2) is 24.3 Å². The largest absolute Gasteiger partial charge is 0.351 e. The number of hydrogen-bond acceptors (Lipinski definition) is 2. The van der Waals surface area contributed by atoms with Gasteiger partial charge >= 0.3 is 0 Å². The molecule has 1 spiro atoms. The zero-order valence-electron chi connectivity index (χ0n) is 17.3. The quantitative estimate of drug-likeness (QED) is 0.800. The van der Waals surface area contributed by atoms with Crippen LogP contribution < -0.4 is 5.32 Å². The summed E-state index contributed by atoms with van der Waals surface area (Å²) in [4.78, 5) is 15.6. The third kappa shape index (κ3) is 3.30. The van der Waals surface area contributed by atoms with Crippen LogP contribution >= 0.6 is 0 Å². The van der Waals surface area contributed by atoms with Crippen molar-refractivity contribution in [1.82, 2.24) is 10.2 Å². The number of benzene rings is 1. The zero-order valence-corrected chi connectivity index (χ0v) is 17.3. The van der Waals surface area contributed by atoms with Gasteiger partial charge in [0.2, 0.25) is 5.91 Å². The Balaban J connectivity index is 1.21. The van der Waals surface area contributed by atoms with Crippen molar-refractivity contribution in [3.05, 3.63) is 35.4 Å². The number of carbonyl (C=O) groups excluding carboxylic acids is 1. The van der Waals surface area contributed by atoms with Crippen molar-refractivity contribution in [2.45, 2.75) is 88.6 Å². The summed E-state index contributed by atoms with van der Waals surface area (Å²) < 4.78 is 0. The molecule has 3 heteroatoms. The summed E-state index contributed by atoms with van der Waals surface area (Å²) in [5.74, 6) is 2.30. The third-order valence-corrected chi connectivity index (χ3v) is 8.63. The van der Waals surface area contributed by atoms with E-state index in [9.17, 15) is 4.79 Å². The van der Waals surface area contributed by atoms with E-state index in [-0.39, 0.29) is 11.3 Å². The molecule has 0 radical (unpaired) electrons. The average Bonchev–Trinajstić information content (AvgIpc) is 2.78. The maximum Gasteiger partial charge on any atom is 0.231 e. The van der Waals surface area contributed by atoms with Crippen LogP contribution in [0.1, 0.15) is 81.8 Å². The molecule has 1 N–H and O–H groups in total. The highest BCUT2D eigenvalue weighted by Gasteiger charge is 2.47. The Hall–Kier alpha value is -1.35. The molecule has 28 heavy (non-hydrogen) atoms. The maximum atomic E-state index is 12.9. The Morgan fingerprint density at radius 3 is 2.29 bits per heavy atom. The van der Waals surface area contributed by atoms with Gasteiger partial charge < -0.3 is 10.2 Å². The molecule has 3 fully saturated rings. The Morgan fingerprint density at radius 1 is 0.857 bits per heavy atom. The topological polar surface area (TPSA) is 32.3 Å². The Bertz CT molecular complexity index is 692. The van der Waals surface area contributed by atoms with Crippen molar-refractivity contribution in [2.75, 3.05) is 13.1 Å². The van der Waals surface area contributed by atoms with E-state index in [0.29, 0.717) is 6.54 Å². The van der Waals surface area contributed by atoms with Gasteiger partial charge in [-0.2, -0.15) is 0 Å². The van der Waals surface area contributed by atoms with Crippen LogP contribution in [0.4, 0.5) is 0 Å². The van der Waals surface area contributed by atoms with Crippen LogP contribution in [0.2, 0.25) is 0 Å². The number of nitrogens with one attached hydrogen (secondary N) is 1. The van der Waals surface area contributed by atoms with Gasteiger partial charge in [-0.25, -0.2) is 0 Å². The lowest BCUT2D eigenvalue weighted by Crippen LogP contribution is -2.56. The number of nitrogens with zero attached hydrogens (tertiary/aromatic N) is 1. The SMILES string of the molecule is O=C1NCc2ccccc2C12CCN([C@H]1CC[C@@H](C3CCCCC3)CC1)CC2. The van der Waals surface area contributed by atoms with E-state index in [0.717, 1.165) is 43.8 Å².